The van der Waals surface area contributed by atoms with Crippen molar-refractivity contribution in [3.05, 3.63) is 69.5 Å². The van der Waals surface area contributed by atoms with Gasteiger partial charge in [-0.2, -0.15) is 11.8 Å². The number of amides is 1. The van der Waals surface area contributed by atoms with Gasteiger partial charge in [-0.15, -0.1) is 0 Å². The first-order valence-corrected chi connectivity index (χ1v) is 8.53. The summed E-state index contributed by atoms with van der Waals surface area (Å²) in [6, 6.07) is 11.4. The molecule has 0 fully saturated rings. The third-order valence-corrected chi connectivity index (χ3v) is 4.49. The van der Waals surface area contributed by atoms with Crippen LogP contribution in [0.4, 0.5) is 4.39 Å². The second-order valence-electron chi connectivity index (χ2n) is 4.52. The zero-order chi connectivity index (χ0) is 15.9. The van der Waals surface area contributed by atoms with Crippen LogP contribution in [-0.2, 0) is 5.75 Å². The lowest BCUT2D eigenvalue weighted by atomic mass is 10.2. The molecule has 0 radical (unpaired) electrons. The topological polar surface area (TPSA) is 29.1 Å². The third kappa shape index (κ3) is 4.90. The molecule has 6 heteroatoms. The summed E-state index contributed by atoms with van der Waals surface area (Å²) in [6.45, 7) is 0.473. The SMILES string of the molecule is O=C(NCCSCc1ccccc1F)c1cc(Cl)ccc1Cl. The highest BCUT2D eigenvalue weighted by atomic mass is 35.5. The van der Waals surface area contributed by atoms with Crippen LogP contribution in [0.15, 0.2) is 42.5 Å². The van der Waals surface area contributed by atoms with E-state index in [0.717, 1.165) is 0 Å². The van der Waals surface area contributed by atoms with Crippen molar-refractivity contribution in [3.63, 3.8) is 0 Å². The van der Waals surface area contributed by atoms with Crippen LogP contribution >= 0.6 is 35.0 Å². The Morgan fingerprint density at radius 3 is 2.73 bits per heavy atom. The Balaban J connectivity index is 1.76. The smallest absolute Gasteiger partial charge is 0.252 e. The van der Waals surface area contributed by atoms with E-state index in [-0.39, 0.29) is 11.7 Å². The van der Waals surface area contributed by atoms with Gasteiger partial charge in [-0.3, -0.25) is 4.79 Å². The summed E-state index contributed by atoms with van der Waals surface area (Å²) >= 11 is 13.4. The molecule has 0 atom stereocenters. The van der Waals surface area contributed by atoms with E-state index in [1.807, 2.05) is 6.07 Å². The molecule has 0 saturated heterocycles. The molecule has 0 aliphatic carbocycles. The van der Waals surface area contributed by atoms with E-state index in [0.29, 0.717) is 39.2 Å². The average molecular weight is 358 g/mol. The first-order valence-electron chi connectivity index (χ1n) is 6.62. The number of carbonyl (C=O) groups is 1. The van der Waals surface area contributed by atoms with E-state index in [4.69, 9.17) is 23.2 Å². The number of halogens is 3. The van der Waals surface area contributed by atoms with Gasteiger partial charge in [0.1, 0.15) is 5.82 Å². The van der Waals surface area contributed by atoms with E-state index in [9.17, 15) is 9.18 Å². The number of hydrogen-bond donors (Lipinski definition) is 1. The fourth-order valence-corrected chi connectivity index (χ4v) is 3.02. The van der Waals surface area contributed by atoms with Crippen molar-refractivity contribution in [2.75, 3.05) is 12.3 Å². The zero-order valence-electron chi connectivity index (χ0n) is 11.6. The van der Waals surface area contributed by atoms with Crippen LogP contribution in [0.25, 0.3) is 0 Å². The van der Waals surface area contributed by atoms with Crippen molar-refractivity contribution in [3.8, 4) is 0 Å². The minimum Gasteiger partial charge on any atom is -0.351 e. The van der Waals surface area contributed by atoms with Crippen LogP contribution in [0, 0.1) is 5.82 Å². The highest BCUT2D eigenvalue weighted by Crippen LogP contribution is 2.20. The molecule has 0 aromatic heterocycles. The minimum absolute atomic E-state index is 0.204. The Morgan fingerprint density at radius 1 is 1.18 bits per heavy atom. The van der Waals surface area contributed by atoms with Crippen LogP contribution in [0.1, 0.15) is 15.9 Å². The number of nitrogens with one attached hydrogen (secondary N) is 1. The molecule has 1 amide bonds. The van der Waals surface area contributed by atoms with Gasteiger partial charge in [0.05, 0.1) is 10.6 Å². The molecule has 2 rings (SSSR count). The van der Waals surface area contributed by atoms with Gasteiger partial charge in [-0.25, -0.2) is 4.39 Å². The average Bonchev–Trinajstić information content (AvgIpc) is 2.51. The summed E-state index contributed by atoms with van der Waals surface area (Å²) in [5.41, 5.74) is 1.02. The second-order valence-corrected chi connectivity index (χ2v) is 6.47. The Hall–Kier alpha value is -1.23. The summed E-state index contributed by atoms with van der Waals surface area (Å²) in [5, 5.41) is 3.59. The maximum Gasteiger partial charge on any atom is 0.252 e. The van der Waals surface area contributed by atoms with Crippen LogP contribution in [0.5, 0.6) is 0 Å². The van der Waals surface area contributed by atoms with Gasteiger partial charge >= 0.3 is 0 Å². The fourth-order valence-electron chi connectivity index (χ4n) is 1.80. The molecule has 22 heavy (non-hydrogen) atoms. The number of carbonyl (C=O) groups excluding carboxylic acids is 1. The molecule has 0 aliphatic rings. The van der Waals surface area contributed by atoms with Crippen molar-refractivity contribution in [1.29, 1.82) is 0 Å². The maximum absolute atomic E-state index is 13.4. The van der Waals surface area contributed by atoms with Gasteiger partial charge in [0.2, 0.25) is 0 Å². The normalized spacial score (nSPS) is 10.5. The van der Waals surface area contributed by atoms with E-state index in [1.54, 1.807) is 36.0 Å². The van der Waals surface area contributed by atoms with Crippen molar-refractivity contribution in [2.45, 2.75) is 5.75 Å². The Bertz CT molecular complexity index is 666. The highest BCUT2D eigenvalue weighted by Gasteiger charge is 2.10. The molecule has 0 unspecified atom stereocenters. The number of thioether (sulfide) groups is 1. The summed E-state index contributed by atoms with van der Waals surface area (Å²) in [7, 11) is 0. The molecule has 0 heterocycles. The summed E-state index contributed by atoms with van der Waals surface area (Å²) in [5.74, 6) is 0.780. The van der Waals surface area contributed by atoms with Gasteiger partial charge < -0.3 is 5.32 Å². The Labute approximate surface area is 143 Å². The molecule has 116 valence electrons. The summed E-state index contributed by atoms with van der Waals surface area (Å²) < 4.78 is 13.4. The van der Waals surface area contributed by atoms with Crippen molar-refractivity contribution in [2.24, 2.45) is 0 Å². The molecule has 0 bridgehead atoms. The van der Waals surface area contributed by atoms with Crippen LogP contribution in [-0.4, -0.2) is 18.2 Å². The van der Waals surface area contributed by atoms with Crippen molar-refractivity contribution < 1.29 is 9.18 Å². The number of rotatable bonds is 6. The molecular weight excluding hydrogens is 344 g/mol. The summed E-state index contributed by atoms with van der Waals surface area (Å²) in [4.78, 5) is 12.0. The molecule has 2 nitrogen and oxygen atoms in total. The molecule has 0 spiro atoms. The Kier molecular flexibility index (Phi) is 6.55. The first kappa shape index (κ1) is 17.1. The standard InChI is InChI=1S/C16H14Cl2FNOS/c17-12-5-6-14(18)13(9-12)16(21)20-7-8-22-10-11-3-1-2-4-15(11)19/h1-6,9H,7-8,10H2,(H,20,21). The van der Waals surface area contributed by atoms with Gasteiger partial charge in [0.15, 0.2) is 0 Å². The largest absolute Gasteiger partial charge is 0.351 e. The number of benzene rings is 2. The van der Waals surface area contributed by atoms with Gasteiger partial charge in [0.25, 0.3) is 5.91 Å². The predicted octanol–water partition coefficient (Wildman–Crippen LogP) is 4.80. The quantitative estimate of drug-likeness (QED) is 0.752. The molecule has 1 N–H and O–H groups in total. The highest BCUT2D eigenvalue weighted by molar-refractivity contribution is 7.98. The molecule has 0 saturated carbocycles. The zero-order valence-corrected chi connectivity index (χ0v) is 13.9. The van der Waals surface area contributed by atoms with Gasteiger partial charge in [-0.1, -0.05) is 41.4 Å². The first-order chi connectivity index (χ1) is 10.6. The molecule has 2 aromatic carbocycles. The maximum atomic E-state index is 13.4. The second kappa shape index (κ2) is 8.42. The lowest BCUT2D eigenvalue weighted by molar-refractivity contribution is 0.0956. The lowest BCUT2D eigenvalue weighted by Gasteiger charge is -2.07. The molecular formula is C16H14Cl2FNOS. The van der Waals surface area contributed by atoms with E-state index >= 15 is 0 Å². The van der Waals surface area contributed by atoms with E-state index < -0.39 is 0 Å². The van der Waals surface area contributed by atoms with Crippen molar-refractivity contribution >= 4 is 40.9 Å². The fraction of sp³-hybridized carbons (Fsp3) is 0.188. The molecule has 0 aliphatic heterocycles. The van der Waals surface area contributed by atoms with Crippen LogP contribution < -0.4 is 5.32 Å². The van der Waals surface area contributed by atoms with Crippen molar-refractivity contribution in [1.82, 2.24) is 5.32 Å². The number of hydrogen-bond acceptors (Lipinski definition) is 2. The van der Waals surface area contributed by atoms with Gasteiger partial charge in [0, 0.05) is 23.1 Å². The van der Waals surface area contributed by atoms with E-state index in [2.05, 4.69) is 5.32 Å². The lowest BCUT2D eigenvalue weighted by Crippen LogP contribution is -2.26. The summed E-state index contributed by atoms with van der Waals surface area (Å²) in [6.07, 6.45) is 0. The Morgan fingerprint density at radius 2 is 1.95 bits per heavy atom. The minimum atomic E-state index is -0.265. The van der Waals surface area contributed by atoms with Crippen LogP contribution in [0.3, 0.4) is 0 Å². The molecule has 2 aromatic rings. The van der Waals surface area contributed by atoms with Gasteiger partial charge in [-0.05, 0) is 29.8 Å². The third-order valence-electron chi connectivity index (χ3n) is 2.92. The van der Waals surface area contributed by atoms with E-state index in [1.165, 1.54) is 12.1 Å². The van der Waals surface area contributed by atoms with Crippen LogP contribution in [0.2, 0.25) is 10.0 Å². The predicted molar refractivity (Wildman–Crippen MR) is 91.4 cm³/mol. The monoisotopic (exact) mass is 357 g/mol.